The van der Waals surface area contributed by atoms with Gasteiger partial charge in [0.2, 0.25) is 0 Å². The molecule has 0 bridgehead atoms. The first-order valence-electron chi connectivity index (χ1n) is 5.32. The molecular formula is C11H18O5. The normalized spacial score (nSPS) is 14.1. The van der Waals surface area contributed by atoms with Crippen molar-refractivity contribution in [3.8, 4) is 0 Å². The summed E-state index contributed by atoms with van der Waals surface area (Å²) in [6.07, 6.45) is 0.726. The van der Waals surface area contributed by atoms with E-state index in [-0.39, 0.29) is 24.5 Å². The van der Waals surface area contributed by atoms with Crippen molar-refractivity contribution in [2.24, 2.45) is 11.8 Å². The van der Waals surface area contributed by atoms with Crippen LogP contribution in [0.3, 0.4) is 0 Å². The van der Waals surface area contributed by atoms with Crippen molar-refractivity contribution < 1.29 is 24.6 Å². The number of carbonyl (C=O) groups excluding carboxylic acids is 1. The van der Waals surface area contributed by atoms with Crippen LogP contribution in [0.2, 0.25) is 0 Å². The molecule has 92 valence electrons. The van der Waals surface area contributed by atoms with Gasteiger partial charge in [-0.05, 0) is 19.3 Å². The van der Waals surface area contributed by atoms with Crippen LogP contribution in [0, 0.1) is 11.8 Å². The Morgan fingerprint density at radius 2 is 1.69 bits per heavy atom. The van der Waals surface area contributed by atoms with Crippen molar-refractivity contribution in [3.05, 3.63) is 0 Å². The molecule has 0 aliphatic rings. The van der Waals surface area contributed by atoms with Crippen LogP contribution in [-0.2, 0) is 14.4 Å². The maximum Gasteiger partial charge on any atom is 0.304 e. The van der Waals surface area contributed by atoms with Gasteiger partial charge >= 0.3 is 11.9 Å². The second kappa shape index (κ2) is 6.98. The third-order valence-corrected chi connectivity index (χ3v) is 2.74. The van der Waals surface area contributed by atoms with Crippen LogP contribution in [0.1, 0.15) is 39.5 Å². The SMILES string of the molecule is CCC(CCC(=O)O)C(CC(=O)O)C(C)=O. The summed E-state index contributed by atoms with van der Waals surface area (Å²) in [4.78, 5) is 32.4. The van der Waals surface area contributed by atoms with E-state index in [1.165, 1.54) is 6.92 Å². The van der Waals surface area contributed by atoms with Crippen molar-refractivity contribution in [1.29, 1.82) is 0 Å². The van der Waals surface area contributed by atoms with Gasteiger partial charge in [0.05, 0.1) is 6.42 Å². The Kier molecular flexibility index (Phi) is 6.37. The van der Waals surface area contributed by atoms with Gasteiger partial charge in [0.1, 0.15) is 5.78 Å². The summed E-state index contributed by atoms with van der Waals surface area (Å²) in [5.41, 5.74) is 0. The Bertz CT molecular complexity index is 272. The van der Waals surface area contributed by atoms with Crippen molar-refractivity contribution in [3.63, 3.8) is 0 Å². The molecule has 16 heavy (non-hydrogen) atoms. The monoisotopic (exact) mass is 230 g/mol. The zero-order valence-corrected chi connectivity index (χ0v) is 9.60. The Labute approximate surface area is 94.5 Å². The molecule has 0 rings (SSSR count). The van der Waals surface area contributed by atoms with E-state index >= 15 is 0 Å². The van der Waals surface area contributed by atoms with Crippen molar-refractivity contribution >= 4 is 17.7 Å². The molecule has 0 saturated heterocycles. The minimum atomic E-state index is -1.02. The van der Waals surface area contributed by atoms with E-state index in [1.807, 2.05) is 6.92 Å². The second-order valence-electron chi connectivity index (χ2n) is 3.92. The molecule has 0 aromatic rings. The van der Waals surface area contributed by atoms with Crippen LogP contribution in [-0.4, -0.2) is 27.9 Å². The van der Waals surface area contributed by atoms with Crippen LogP contribution >= 0.6 is 0 Å². The molecule has 2 N–H and O–H groups in total. The predicted molar refractivity (Wildman–Crippen MR) is 57.1 cm³/mol. The average molecular weight is 230 g/mol. The number of hydrogen-bond donors (Lipinski definition) is 2. The molecule has 0 radical (unpaired) electrons. The summed E-state index contributed by atoms with van der Waals surface area (Å²) in [6, 6.07) is 0. The second-order valence-corrected chi connectivity index (χ2v) is 3.92. The van der Waals surface area contributed by atoms with E-state index in [9.17, 15) is 14.4 Å². The fraction of sp³-hybridized carbons (Fsp3) is 0.727. The molecule has 5 heteroatoms. The third kappa shape index (κ3) is 5.48. The standard InChI is InChI=1S/C11H18O5/c1-3-8(4-5-10(13)14)9(7(2)12)6-11(15)16/h8-9H,3-6H2,1-2H3,(H,13,14)(H,15,16). The predicted octanol–water partition coefficient (Wildman–Crippen LogP) is 1.56. The lowest BCUT2D eigenvalue weighted by molar-refractivity contribution is -0.141. The summed E-state index contributed by atoms with van der Waals surface area (Å²) in [5, 5.41) is 17.2. The minimum absolute atomic E-state index is 0.0259. The van der Waals surface area contributed by atoms with Gasteiger partial charge in [-0.2, -0.15) is 0 Å². The first kappa shape index (κ1) is 14.6. The van der Waals surface area contributed by atoms with Gasteiger partial charge in [0.25, 0.3) is 0 Å². The maximum atomic E-state index is 11.3. The van der Waals surface area contributed by atoms with E-state index in [0.29, 0.717) is 12.8 Å². The van der Waals surface area contributed by atoms with Crippen molar-refractivity contribution in [1.82, 2.24) is 0 Å². The van der Waals surface area contributed by atoms with Gasteiger partial charge in [0, 0.05) is 12.3 Å². The van der Waals surface area contributed by atoms with Gasteiger partial charge in [-0.3, -0.25) is 14.4 Å². The number of carbonyl (C=O) groups is 3. The molecule has 0 saturated carbocycles. The van der Waals surface area contributed by atoms with Gasteiger partial charge in [0.15, 0.2) is 0 Å². The van der Waals surface area contributed by atoms with E-state index in [0.717, 1.165) is 0 Å². The topological polar surface area (TPSA) is 91.7 Å². The zero-order chi connectivity index (χ0) is 12.7. The average Bonchev–Trinajstić information content (AvgIpc) is 2.15. The number of hydrogen-bond acceptors (Lipinski definition) is 3. The van der Waals surface area contributed by atoms with Crippen LogP contribution in [0.5, 0.6) is 0 Å². The summed E-state index contributed by atoms with van der Waals surface area (Å²) < 4.78 is 0. The number of ketones is 1. The molecule has 0 amide bonds. The molecule has 2 atom stereocenters. The molecule has 0 fully saturated rings. The zero-order valence-electron chi connectivity index (χ0n) is 9.60. The largest absolute Gasteiger partial charge is 0.481 e. The highest BCUT2D eigenvalue weighted by Crippen LogP contribution is 2.25. The molecule has 0 heterocycles. The number of rotatable bonds is 8. The molecule has 0 aliphatic carbocycles. The molecule has 0 aromatic carbocycles. The first-order chi connectivity index (χ1) is 7.38. The minimum Gasteiger partial charge on any atom is -0.481 e. The fourth-order valence-electron chi connectivity index (χ4n) is 1.83. The highest BCUT2D eigenvalue weighted by atomic mass is 16.4. The van der Waals surface area contributed by atoms with E-state index in [2.05, 4.69) is 0 Å². The molecule has 0 spiro atoms. The highest BCUT2D eigenvalue weighted by molar-refractivity contribution is 5.83. The summed E-state index contributed by atoms with van der Waals surface area (Å²) in [6.45, 7) is 3.20. The van der Waals surface area contributed by atoms with Gasteiger partial charge in [-0.15, -0.1) is 0 Å². The summed E-state index contributed by atoms with van der Waals surface area (Å²) in [7, 11) is 0. The van der Waals surface area contributed by atoms with Gasteiger partial charge in [-0.25, -0.2) is 0 Å². The van der Waals surface area contributed by atoms with Crippen LogP contribution in [0.25, 0.3) is 0 Å². The third-order valence-electron chi connectivity index (χ3n) is 2.74. The lowest BCUT2D eigenvalue weighted by atomic mass is 9.82. The lowest BCUT2D eigenvalue weighted by Gasteiger charge is -2.21. The number of carboxylic acid groups (broad SMARTS) is 2. The first-order valence-corrected chi connectivity index (χ1v) is 5.32. The van der Waals surface area contributed by atoms with Crippen LogP contribution in [0.4, 0.5) is 0 Å². The number of Topliss-reactive ketones (excluding diaryl/α,β-unsaturated/α-hetero) is 1. The Balaban J connectivity index is 4.51. The van der Waals surface area contributed by atoms with Crippen molar-refractivity contribution in [2.75, 3.05) is 0 Å². The highest BCUT2D eigenvalue weighted by Gasteiger charge is 2.26. The Morgan fingerprint density at radius 3 is 2.00 bits per heavy atom. The molecule has 2 unspecified atom stereocenters. The summed E-state index contributed by atoms with van der Waals surface area (Å²) >= 11 is 0. The van der Waals surface area contributed by atoms with Crippen LogP contribution < -0.4 is 0 Å². The Morgan fingerprint density at radius 1 is 1.12 bits per heavy atom. The quantitative estimate of drug-likeness (QED) is 0.660. The lowest BCUT2D eigenvalue weighted by Crippen LogP contribution is -2.25. The van der Waals surface area contributed by atoms with E-state index < -0.39 is 17.9 Å². The Hall–Kier alpha value is -1.39. The van der Waals surface area contributed by atoms with Crippen LogP contribution in [0.15, 0.2) is 0 Å². The smallest absolute Gasteiger partial charge is 0.304 e. The molecule has 0 aromatic heterocycles. The van der Waals surface area contributed by atoms with E-state index in [4.69, 9.17) is 10.2 Å². The molecule has 5 nitrogen and oxygen atoms in total. The molecule has 0 aliphatic heterocycles. The van der Waals surface area contributed by atoms with Gasteiger partial charge < -0.3 is 10.2 Å². The number of carboxylic acids is 2. The maximum absolute atomic E-state index is 11.3. The van der Waals surface area contributed by atoms with Gasteiger partial charge in [-0.1, -0.05) is 13.3 Å². The fourth-order valence-corrected chi connectivity index (χ4v) is 1.83. The summed E-state index contributed by atoms with van der Waals surface area (Å²) in [5.74, 6) is -2.85. The van der Waals surface area contributed by atoms with Crippen molar-refractivity contribution in [2.45, 2.75) is 39.5 Å². The van der Waals surface area contributed by atoms with E-state index in [1.54, 1.807) is 0 Å². The molecular weight excluding hydrogens is 212 g/mol. The number of aliphatic carboxylic acids is 2.